The summed E-state index contributed by atoms with van der Waals surface area (Å²) in [5.74, 6) is -1.13. The fraction of sp³-hybridized carbons (Fsp3) is 0. The van der Waals surface area contributed by atoms with Gasteiger partial charge in [0.05, 0.1) is 11.4 Å². The van der Waals surface area contributed by atoms with Gasteiger partial charge in [-0.15, -0.1) is 0 Å². The van der Waals surface area contributed by atoms with Gasteiger partial charge in [-0.25, -0.2) is 9.89 Å². The van der Waals surface area contributed by atoms with Crippen molar-refractivity contribution in [1.29, 1.82) is 0 Å². The average Bonchev–Trinajstić information content (AvgIpc) is 2.67. The third kappa shape index (κ3) is 2.73. The number of amides is 2. The lowest BCUT2D eigenvalue weighted by molar-refractivity contribution is 0.0893. The number of hydrogen-bond acceptors (Lipinski definition) is 3. The lowest BCUT2D eigenvalue weighted by atomic mass is 9.93. The van der Waals surface area contributed by atoms with Gasteiger partial charge in [0.1, 0.15) is 0 Å². The van der Waals surface area contributed by atoms with Crippen LogP contribution in [0.2, 0.25) is 0 Å². The molecule has 28 heavy (non-hydrogen) atoms. The summed E-state index contributed by atoms with van der Waals surface area (Å²) in [6.45, 7) is 0. The molecule has 0 spiro atoms. The number of nitrogens with two attached hydrogens (primary N) is 3. The second-order valence-electron chi connectivity index (χ2n) is 6.15. The van der Waals surface area contributed by atoms with Crippen molar-refractivity contribution in [1.82, 2.24) is 0 Å². The van der Waals surface area contributed by atoms with Crippen LogP contribution >= 0.6 is 0 Å². The van der Waals surface area contributed by atoms with Gasteiger partial charge >= 0.3 is 0 Å². The van der Waals surface area contributed by atoms with E-state index >= 15 is 0 Å². The lowest BCUT2D eigenvalue weighted by Gasteiger charge is -2.27. The van der Waals surface area contributed by atoms with Crippen LogP contribution in [0.3, 0.4) is 0 Å². The zero-order valence-corrected chi connectivity index (χ0v) is 14.7. The quantitative estimate of drug-likeness (QED) is 0.358. The molecule has 0 fully saturated rings. The predicted molar refractivity (Wildman–Crippen MR) is 109 cm³/mol. The van der Waals surface area contributed by atoms with Crippen molar-refractivity contribution in [2.45, 2.75) is 0 Å². The van der Waals surface area contributed by atoms with Crippen molar-refractivity contribution in [3.8, 4) is 0 Å². The molecule has 0 saturated carbocycles. The van der Waals surface area contributed by atoms with Gasteiger partial charge in [-0.1, -0.05) is 30.3 Å². The molecule has 0 radical (unpaired) electrons. The van der Waals surface area contributed by atoms with Gasteiger partial charge in [-0.05, 0) is 30.3 Å². The number of hydrogen-bond donors (Lipinski definition) is 3. The summed E-state index contributed by atoms with van der Waals surface area (Å²) in [6.07, 6.45) is 0. The lowest BCUT2D eigenvalue weighted by Crippen LogP contribution is -2.40. The van der Waals surface area contributed by atoms with Gasteiger partial charge in [-0.2, -0.15) is 4.99 Å². The van der Waals surface area contributed by atoms with Crippen molar-refractivity contribution in [3.63, 3.8) is 0 Å². The van der Waals surface area contributed by atoms with Crippen LogP contribution in [-0.4, -0.2) is 23.7 Å². The Balaban J connectivity index is 1.92. The first-order valence-corrected chi connectivity index (χ1v) is 8.40. The SMILES string of the molecule is NC(N)=NC(N)=Nc1ccc2c3c(cccc13)C(=O)N(c1ccccc1)C2=O. The number of anilines is 1. The predicted octanol–water partition coefficient (Wildman–Crippen LogP) is 1.86. The highest BCUT2D eigenvalue weighted by Crippen LogP contribution is 2.37. The normalized spacial score (nSPS) is 13.7. The Morgan fingerprint density at radius 3 is 2.14 bits per heavy atom. The maximum absolute atomic E-state index is 13.1. The third-order valence-electron chi connectivity index (χ3n) is 4.38. The van der Waals surface area contributed by atoms with Crippen molar-refractivity contribution >= 4 is 45.9 Å². The highest BCUT2D eigenvalue weighted by Gasteiger charge is 2.34. The molecular formula is C20H16N6O2. The van der Waals surface area contributed by atoms with Gasteiger partial charge in [0.15, 0.2) is 5.96 Å². The number of nitrogens with zero attached hydrogens (tertiary/aromatic N) is 3. The second kappa shape index (κ2) is 6.51. The summed E-state index contributed by atoms with van der Waals surface area (Å²) in [5.41, 5.74) is 18.2. The molecule has 0 bridgehead atoms. The van der Waals surface area contributed by atoms with Crippen LogP contribution in [-0.2, 0) is 0 Å². The summed E-state index contributed by atoms with van der Waals surface area (Å²) in [6, 6.07) is 17.3. The van der Waals surface area contributed by atoms with E-state index < -0.39 is 11.8 Å². The fourth-order valence-electron chi connectivity index (χ4n) is 3.27. The standard InChI is InChI=1S/C20H16N6O2/c21-19(22)25-20(23)24-15-10-9-14-16-12(15)7-4-8-13(16)17(27)26(18(14)28)11-5-2-1-3-6-11/h1-10H,(H6,21,22,23,24,25). The van der Waals surface area contributed by atoms with Crippen LogP contribution in [0.1, 0.15) is 20.7 Å². The first-order valence-electron chi connectivity index (χ1n) is 8.40. The zero-order chi connectivity index (χ0) is 19.8. The summed E-state index contributed by atoms with van der Waals surface area (Å²) in [5, 5.41) is 1.14. The maximum atomic E-state index is 13.1. The van der Waals surface area contributed by atoms with E-state index in [0.717, 1.165) is 0 Å². The average molecular weight is 372 g/mol. The van der Waals surface area contributed by atoms with Crippen molar-refractivity contribution < 1.29 is 9.59 Å². The highest BCUT2D eigenvalue weighted by molar-refractivity contribution is 6.36. The van der Waals surface area contributed by atoms with Crippen molar-refractivity contribution in [2.24, 2.45) is 27.2 Å². The van der Waals surface area contributed by atoms with Crippen LogP contribution in [0.4, 0.5) is 11.4 Å². The number of guanidine groups is 2. The van der Waals surface area contributed by atoms with E-state index in [0.29, 0.717) is 33.3 Å². The zero-order valence-electron chi connectivity index (χ0n) is 14.7. The second-order valence-corrected chi connectivity index (χ2v) is 6.15. The smallest absolute Gasteiger partial charge is 0.265 e. The summed E-state index contributed by atoms with van der Waals surface area (Å²) < 4.78 is 0. The van der Waals surface area contributed by atoms with Gasteiger partial charge in [0.2, 0.25) is 5.96 Å². The fourth-order valence-corrected chi connectivity index (χ4v) is 3.27. The number of benzene rings is 3. The van der Waals surface area contributed by atoms with Crippen LogP contribution in [0.15, 0.2) is 70.6 Å². The van der Waals surface area contributed by atoms with Crippen molar-refractivity contribution in [2.75, 3.05) is 4.90 Å². The molecule has 1 aliphatic rings. The van der Waals surface area contributed by atoms with E-state index in [1.165, 1.54) is 4.90 Å². The van der Waals surface area contributed by atoms with Crippen LogP contribution in [0, 0.1) is 0 Å². The van der Waals surface area contributed by atoms with Crippen molar-refractivity contribution in [3.05, 3.63) is 71.8 Å². The molecule has 1 heterocycles. The molecule has 8 heteroatoms. The van der Waals surface area contributed by atoms with E-state index in [2.05, 4.69) is 9.98 Å². The topological polar surface area (TPSA) is 140 Å². The minimum atomic E-state index is -0.396. The molecule has 0 saturated heterocycles. The van der Waals surface area contributed by atoms with Crippen LogP contribution in [0.5, 0.6) is 0 Å². The Morgan fingerprint density at radius 2 is 1.46 bits per heavy atom. The molecule has 138 valence electrons. The minimum absolute atomic E-state index is 0.125. The van der Waals surface area contributed by atoms with Gasteiger partial charge in [0.25, 0.3) is 11.8 Å². The molecule has 3 aromatic carbocycles. The minimum Gasteiger partial charge on any atom is -0.370 e. The molecule has 8 nitrogen and oxygen atoms in total. The van der Waals surface area contributed by atoms with E-state index in [1.54, 1.807) is 54.6 Å². The Bertz CT molecular complexity index is 1160. The molecule has 6 N–H and O–H groups in total. The Hall–Kier alpha value is -4.20. The monoisotopic (exact) mass is 372 g/mol. The van der Waals surface area contributed by atoms with Gasteiger partial charge in [0, 0.05) is 21.9 Å². The number of aliphatic imine (C=N–C) groups is 2. The summed E-state index contributed by atoms with van der Waals surface area (Å²) in [4.78, 5) is 35.2. The van der Waals surface area contributed by atoms with Gasteiger partial charge < -0.3 is 17.2 Å². The largest absolute Gasteiger partial charge is 0.370 e. The molecule has 4 rings (SSSR count). The number of para-hydroxylation sites is 1. The number of imide groups is 1. The molecule has 0 unspecified atom stereocenters. The first-order chi connectivity index (χ1) is 13.5. The van der Waals surface area contributed by atoms with E-state index in [4.69, 9.17) is 17.2 Å². The maximum Gasteiger partial charge on any atom is 0.265 e. The Morgan fingerprint density at radius 1 is 0.786 bits per heavy atom. The first kappa shape index (κ1) is 17.2. The van der Waals surface area contributed by atoms with E-state index in [9.17, 15) is 9.59 Å². The van der Waals surface area contributed by atoms with E-state index in [1.807, 2.05) is 6.07 Å². The Labute approximate surface area is 160 Å². The molecule has 0 atom stereocenters. The summed E-state index contributed by atoms with van der Waals surface area (Å²) >= 11 is 0. The molecule has 3 aromatic rings. The molecule has 1 aliphatic heterocycles. The Kier molecular flexibility index (Phi) is 4.00. The third-order valence-corrected chi connectivity index (χ3v) is 4.38. The molecular weight excluding hydrogens is 356 g/mol. The number of rotatable bonds is 2. The van der Waals surface area contributed by atoms with Crippen LogP contribution in [0.25, 0.3) is 10.8 Å². The van der Waals surface area contributed by atoms with Gasteiger partial charge in [-0.3, -0.25) is 9.59 Å². The van der Waals surface area contributed by atoms with E-state index in [-0.39, 0.29) is 11.9 Å². The number of carbonyl (C=O) groups excluding carboxylic acids is 2. The molecule has 2 amide bonds. The molecule has 0 aliphatic carbocycles. The number of carbonyl (C=O) groups is 2. The highest BCUT2D eigenvalue weighted by atomic mass is 16.2. The molecule has 0 aromatic heterocycles. The van der Waals surface area contributed by atoms with Crippen LogP contribution < -0.4 is 22.1 Å². The summed E-state index contributed by atoms with van der Waals surface area (Å²) in [7, 11) is 0.